The van der Waals surface area contributed by atoms with Crippen LogP contribution in [0.25, 0.3) is 0 Å². The van der Waals surface area contributed by atoms with Crippen molar-refractivity contribution in [2.45, 2.75) is 16.6 Å². The van der Waals surface area contributed by atoms with Crippen LogP contribution in [0, 0.1) is 0 Å². The van der Waals surface area contributed by atoms with Crippen LogP contribution in [0.5, 0.6) is 5.75 Å². The molecule has 1 unspecified atom stereocenters. The molecule has 1 N–H and O–H groups in total. The van der Waals surface area contributed by atoms with Gasteiger partial charge in [0.15, 0.2) is 4.88 Å². The molecule has 19 heavy (non-hydrogen) atoms. The lowest BCUT2D eigenvalue weighted by Gasteiger charge is -2.10. The molecule has 0 spiro atoms. The second-order valence-corrected chi connectivity index (χ2v) is 6.54. The molecule has 0 saturated carbocycles. The molecule has 1 aliphatic rings. The molecule has 5 heteroatoms. The fourth-order valence-electron chi connectivity index (χ4n) is 2.10. The minimum absolute atomic E-state index is 0.278. The zero-order valence-electron chi connectivity index (χ0n) is 10.0. The van der Waals surface area contributed by atoms with Crippen LogP contribution in [0.4, 0.5) is 0 Å². The summed E-state index contributed by atoms with van der Waals surface area (Å²) in [5.41, 5.74) is 1.35. The first-order chi connectivity index (χ1) is 9.24. The molecule has 0 amide bonds. The average Bonchev–Trinajstić information content (AvgIpc) is 3.02. The summed E-state index contributed by atoms with van der Waals surface area (Å²) >= 11 is 3.00. The van der Waals surface area contributed by atoms with Crippen LogP contribution in [0.3, 0.4) is 0 Å². The number of carbonyl (C=O) groups is 1. The van der Waals surface area contributed by atoms with E-state index in [1.54, 1.807) is 23.2 Å². The SMILES string of the molecule is O=C(O)c1sccc1OCC1Cc2ccccc2S1. The van der Waals surface area contributed by atoms with E-state index in [2.05, 4.69) is 12.1 Å². The molecule has 1 atom stereocenters. The van der Waals surface area contributed by atoms with Gasteiger partial charge < -0.3 is 9.84 Å². The molecule has 0 bridgehead atoms. The second-order valence-electron chi connectivity index (χ2n) is 4.28. The Labute approximate surface area is 119 Å². The van der Waals surface area contributed by atoms with Crippen molar-refractivity contribution in [3.63, 3.8) is 0 Å². The highest BCUT2D eigenvalue weighted by Crippen LogP contribution is 2.37. The summed E-state index contributed by atoms with van der Waals surface area (Å²) in [7, 11) is 0. The Balaban J connectivity index is 1.63. The molecule has 0 radical (unpaired) electrons. The van der Waals surface area contributed by atoms with E-state index in [0.29, 0.717) is 17.6 Å². The van der Waals surface area contributed by atoms with Gasteiger partial charge in [-0.25, -0.2) is 4.79 Å². The second kappa shape index (κ2) is 5.27. The van der Waals surface area contributed by atoms with Crippen molar-refractivity contribution in [2.75, 3.05) is 6.61 Å². The predicted molar refractivity (Wildman–Crippen MR) is 76.6 cm³/mol. The smallest absolute Gasteiger partial charge is 0.349 e. The van der Waals surface area contributed by atoms with E-state index >= 15 is 0 Å². The summed E-state index contributed by atoms with van der Waals surface area (Å²) in [6, 6.07) is 10.1. The van der Waals surface area contributed by atoms with Crippen molar-refractivity contribution in [2.24, 2.45) is 0 Å². The van der Waals surface area contributed by atoms with Crippen molar-refractivity contribution < 1.29 is 14.6 Å². The quantitative estimate of drug-likeness (QED) is 0.936. The zero-order valence-corrected chi connectivity index (χ0v) is 11.7. The van der Waals surface area contributed by atoms with Gasteiger partial charge in [-0.1, -0.05) is 18.2 Å². The first-order valence-electron chi connectivity index (χ1n) is 5.92. The van der Waals surface area contributed by atoms with E-state index in [-0.39, 0.29) is 4.88 Å². The lowest BCUT2D eigenvalue weighted by atomic mass is 10.1. The van der Waals surface area contributed by atoms with Gasteiger partial charge in [0.2, 0.25) is 0 Å². The first-order valence-corrected chi connectivity index (χ1v) is 7.68. The van der Waals surface area contributed by atoms with Crippen LogP contribution in [0.1, 0.15) is 15.2 Å². The fourth-order valence-corrected chi connectivity index (χ4v) is 3.99. The van der Waals surface area contributed by atoms with E-state index in [1.165, 1.54) is 21.8 Å². The molecular weight excluding hydrogens is 280 g/mol. The lowest BCUT2D eigenvalue weighted by molar-refractivity contribution is 0.0698. The van der Waals surface area contributed by atoms with Gasteiger partial charge in [-0.05, 0) is 29.5 Å². The third-order valence-electron chi connectivity index (χ3n) is 2.96. The third kappa shape index (κ3) is 2.62. The monoisotopic (exact) mass is 292 g/mol. The summed E-state index contributed by atoms with van der Waals surface area (Å²) < 4.78 is 5.66. The number of aromatic carboxylic acids is 1. The fraction of sp³-hybridized carbons (Fsp3) is 0.214. The average molecular weight is 292 g/mol. The molecule has 1 aromatic carbocycles. The predicted octanol–water partition coefficient (Wildman–Crippen LogP) is 3.54. The van der Waals surface area contributed by atoms with Crippen molar-refractivity contribution in [3.05, 3.63) is 46.2 Å². The van der Waals surface area contributed by atoms with Gasteiger partial charge in [-0.3, -0.25) is 0 Å². The van der Waals surface area contributed by atoms with Gasteiger partial charge in [0.25, 0.3) is 0 Å². The summed E-state index contributed by atoms with van der Waals surface area (Å²) in [4.78, 5) is 12.6. The summed E-state index contributed by atoms with van der Waals surface area (Å²) in [5.74, 6) is -0.443. The maximum absolute atomic E-state index is 11.0. The largest absolute Gasteiger partial charge is 0.491 e. The van der Waals surface area contributed by atoms with Crippen molar-refractivity contribution in [3.8, 4) is 5.75 Å². The minimum Gasteiger partial charge on any atom is -0.491 e. The van der Waals surface area contributed by atoms with E-state index in [4.69, 9.17) is 9.84 Å². The van der Waals surface area contributed by atoms with Crippen molar-refractivity contribution >= 4 is 29.1 Å². The van der Waals surface area contributed by atoms with E-state index < -0.39 is 5.97 Å². The van der Waals surface area contributed by atoms with Crippen LogP contribution >= 0.6 is 23.1 Å². The van der Waals surface area contributed by atoms with Gasteiger partial charge in [-0.15, -0.1) is 23.1 Å². The summed E-state index contributed by atoms with van der Waals surface area (Å²) in [6.07, 6.45) is 0.980. The van der Waals surface area contributed by atoms with Gasteiger partial charge in [-0.2, -0.15) is 0 Å². The van der Waals surface area contributed by atoms with E-state index in [0.717, 1.165) is 6.42 Å². The van der Waals surface area contributed by atoms with Gasteiger partial charge in [0.1, 0.15) is 12.4 Å². The Bertz CT molecular complexity index is 581. The number of carboxylic acids is 1. The number of fused-ring (bicyclic) bond motifs is 1. The number of carboxylic acid groups (broad SMARTS) is 1. The van der Waals surface area contributed by atoms with Crippen LogP contribution in [-0.4, -0.2) is 22.9 Å². The normalized spacial score (nSPS) is 17.2. The highest BCUT2D eigenvalue weighted by Gasteiger charge is 2.23. The maximum atomic E-state index is 11.0. The molecule has 0 fully saturated rings. The summed E-state index contributed by atoms with van der Waals surface area (Å²) in [5, 5.41) is 11.1. The number of rotatable bonds is 4. The highest BCUT2D eigenvalue weighted by atomic mass is 32.2. The topological polar surface area (TPSA) is 46.5 Å². The molecule has 3 rings (SSSR count). The Hall–Kier alpha value is -1.46. The van der Waals surface area contributed by atoms with Crippen LogP contribution in [-0.2, 0) is 6.42 Å². The lowest BCUT2D eigenvalue weighted by Crippen LogP contribution is -2.14. The standard InChI is InChI=1S/C14H12O3S2/c15-14(16)13-11(5-6-18-13)17-8-10-7-9-3-1-2-4-12(9)19-10/h1-6,10H,7-8H2,(H,15,16). The first kappa shape index (κ1) is 12.6. The molecule has 3 nitrogen and oxygen atoms in total. The molecule has 0 aliphatic carbocycles. The molecule has 1 aliphatic heterocycles. The van der Waals surface area contributed by atoms with Crippen molar-refractivity contribution in [1.29, 1.82) is 0 Å². The Morgan fingerprint density at radius 3 is 3.00 bits per heavy atom. The number of thiophene rings is 1. The number of ether oxygens (including phenoxy) is 1. The Morgan fingerprint density at radius 1 is 1.37 bits per heavy atom. The maximum Gasteiger partial charge on any atom is 0.349 e. The van der Waals surface area contributed by atoms with Gasteiger partial charge in [0, 0.05) is 10.1 Å². The third-order valence-corrected chi connectivity index (χ3v) is 5.13. The summed E-state index contributed by atoms with van der Waals surface area (Å²) in [6.45, 7) is 0.538. The van der Waals surface area contributed by atoms with Gasteiger partial charge >= 0.3 is 5.97 Å². The van der Waals surface area contributed by atoms with Crippen LogP contribution < -0.4 is 4.74 Å². The van der Waals surface area contributed by atoms with E-state index in [1.807, 2.05) is 12.1 Å². The molecule has 0 saturated heterocycles. The zero-order chi connectivity index (χ0) is 13.2. The molecule has 2 aromatic rings. The van der Waals surface area contributed by atoms with Crippen molar-refractivity contribution in [1.82, 2.24) is 0 Å². The number of thioether (sulfide) groups is 1. The Kier molecular flexibility index (Phi) is 3.48. The number of benzene rings is 1. The molecule has 2 heterocycles. The minimum atomic E-state index is -0.924. The van der Waals surface area contributed by atoms with Crippen LogP contribution in [0.2, 0.25) is 0 Å². The van der Waals surface area contributed by atoms with Gasteiger partial charge in [0.05, 0.1) is 0 Å². The van der Waals surface area contributed by atoms with E-state index in [9.17, 15) is 4.79 Å². The Morgan fingerprint density at radius 2 is 2.21 bits per heavy atom. The molecule has 98 valence electrons. The highest BCUT2D eigenvalue weighted by molar-refractivity contribution is 8.00. The molecule has 1 aromatic heterocycles. The number of hydrogen-bond acceptors (Lipinski definition) is 4. The number of hydrogen-bond donors (Lipinski definition) is 1. The molecular formula is C14H12O3S2. The van der Waals surface area contributed by atoms with Crippen LogP contribution in [0.15, 0.2) is 40.6 Å².